The van der Waals surface area contributed by atoms with E-state index in [4.69, 9.17) is 4.52 Å². The van der Waals surface area contributed by atoms with Crippen molar-refractivity contribution >= 4 is 29.9 Å². The van der Waals surface area contributed by atoms with Crippen LogP contribution in [-0.4, -0.2) is 17.7 Å². The standard InChI is InChI=1S/C18H23F3N4O.HI/c1-4-22-17(24-11-15-9-16(12(2)3)25-26-15)23-10-13-5-7-14(8-6-13)18(19,20)21;/h5-9,12H,4,10-11H2,1-3H3,(H2,22,23,24);1H. The van der Waals surface area contributed by atoms with E-state index in [2.05, 4.69) is 20.8 Å². The summed E-state index contributed by atoms with van der Waals surface area (Å²) in [6, 6.07) is 6.87. The maximum Gasteiger partial charge on any atom is 0.416 e. The molecule has 1 aromatic heterocycles. The molecule has 0 aliphatic carbocycles. The third-order valence-electron chi connectivity index (χ3n) is 3.64. The normalized spacial score (nSPS) is 12.0. The van der Waals surface area contributed by atoms with E-state index in [1.165, 1.54) is 12.1 Å². The molecule has 0 bridgehead atoms. The molecule has 150 valence electrons. The molecule has 0 saturated heterocycles. The fourth-order valence-corrected chi connectivity index (χ4v) is 2.17. The van der Waals surface area contributed by atoms with Crippen LogP contribution in [0.15, 0.2) is 39.8 Å². The van der Waals surface area contributed by atoms with Crippen LogP contribution in [-0.2, 0) is 19.3 Å². The molecule has 0 fully saturated rings. The first-order valence-corrected chi connectivity index (χ1v) is 8.43. The Hall–Kier alpha value is -1.78. The molecule has 0 aliphatic rings. The lowest BCUT2D eigenvalue weighted by Gasteiger charge is -2.10. The third kappa shape index (κ3) is 7.39. The Morgan fingerprint density at radius 1 is 1.19 bits per heavy atom. The second-order valence-electron chi connectivity index (χ2n) is 6.12. The molecule has 2 rings (SSSR count). The lowest BCUT2D eigenvalue weighted by molar-refractivity contribution is -0.137. The van der Waals surface area contributed by atoms with Crippen molar-refractivity contribution in [1.29, 1.82) is 0 Å². The van der Waals surface area contributed by atoms with E-state index in [0.29, 0.717) is 30.4 Å². The first kappa shape index (κ1) is 23.3. The predicted molar refractivity (Wildman–Crippen MR) is 109 cm³/mol. The second kappa shape index (κ2) is 10.5. The summed E-state index contributed by atoms with van der Waals surface area (Å²) in [7, 11) is 0. The number of aromatic nitrogens is 1. The smallest absolute Gasteiger partial charge is 0.359 e. The maximum atomic E-state index is 12.6. The quantitative estimate of drug-likeness (QED) is 0.346. The Kier molecular flexibility index (Phi) is 9.07. The van der Waals surface area contributed by atoms with Gasteiger partial charge in [0.2, 0.25) is 0 Å². The highest BCUT2D eigenvalue weighted by atomic mass is 127. The van der Waals surface area contributed by atoms with Gasteiger partial charge in [0.1, 0.15) is 0 Å². The number of rotatable bonds is 6. The molecule has 9 heteroatoms. The summed E-state index contributed by atoms with van der Waals surface area (Å²) in [6.45, 7) is 7.34. The van der Waals surface area contributed by atoms with Gasteiger partial charge in [-0.15, -0.1) is 24.0 Å². The van der Waals surface area contributed by atoms with Crippen molar-refractivity contribution in [2.24, 2.45) is 4.99 Å². The number of alkyl halides is 3. The van der Waals surface area contributed by atoms with E-state index in [9.17, 15) is 13.2 Å². The summed E-state index contributed by atoms with van der Waals surface area (Å²) in [5, 5.41) is 10.2. The fourth-order valence-electron chi connectivity index (χ4n) is 2.17. The van der Waals surface area contributed by atoms with Crippen LogP contribution >= 0.6 is 24.0 Å². The van der Waals surface area contributed by atoms with Crippen LogP contribution in [0.3, 0.4) is 0 Å². The summed E-state index contributed by atoms with van der Waals surface area (Å²) in [6.07, 6.45) is -4.33. The summed E-state index contributed by atoms with van der Waals surface area (Å²) >= 11 is 0. The van der Waals surface area contributed by atoms with Gasteiger partial charge < -0.3 is 15.2 Å². The predicted octanol–water partition coefficient (Wildman–Crippen LogP) is 4.69. The van der Waals surface area contributed by atoms with Gasteiger partial charge in [0.05, 0.1) is 24.3 Å². The minimum Gasteiger partial charge on any atom is -0.359 e. The van der Waals surface area contributed by atoms with E-state index >= 15 is 0 Å². The highest BCUT2D eigenvalue weighted by Crippen LogP contribution is 2.29. The van der Waals surface area contributed by atoms with Gasteiger partial charge >= 0.3 is 6.18 Å². The molecule has 0 aliphatic heterocycles. The van der Waals surface area contributed by atoms with Gasteiger partial charge in [-0.1, -0.05) is 31.1 Å². The Bertz CT molecular complexity index is 727. The molecule has 1 heterocycles. The van der Waals surface area contributed by atoms with Gasteiger partial charge in [-0.2, -0.15) is 13.2 Å². The van der Waals surface area contributed by atoms with Crippen LogP contribution in [0, 0.1) is 0 Å². The zero-order valence-corrected chi connectivity index (χ0v) is 17.8. The highest BCUT2D eigenvalue weighted by molar-refractivity contribution is 14.0. The van der Waals surface area contributed by atoms with E-state index in [-0.39, 0.29) is 36.4 Å². The van der Waals surface area contributed by atoms with Gasteiger partial charge in [0, 0.05) is 12.6 Å². The number of nitrogens with one attached hydrogen (secondary N) is 2. The SMILES string of the molecule is CCNC(=NCc1ccc(C(F)(F)F)cc1)NCc1cc(C(C)C)no1.I. The number of hydrogen-bond donors (Lipinski definition) is 2. The zero-order valence-electron chi connectivity index (χ0n) is 15.4. The molecule has 0 atom stereocenters. The molecule has 2 aromatic rings. The van der Waals surface area contributed by atoms with Crippen LogP contribution < -0.4 is 10.6 Å². The summed E-state index contributed by atoms with van der Waals surface area (Å²) in [5.41, 5.74) is 0.909. The van der Waals surface area contributed by atoms with Crippen LogP contribution in [0.2, 0.25) is 0 Å². The minimum atomic E-state index is -4.33. The van der Waals surface area contributed by atoms with Gasteiger partial charge in [0.25, 0.3) is 0 Å². The van der Waals surface area contributed by atoms with Crippen molar-refractivity contribution in [3.8, 4) is 0 Å². The van der Waals surface area contributed by atoms with Crippen molar-refractivity contribution in [2.75, 3.05) is 6.54 Å². The van der Waals surface area contributed by atoms with Crippen molar-refractivity contribution in [2.45, 2.75) is 46.0 Å². The molecule has 2 N–H and O–H groups in total. The van der Waals surface area contributed by atoms with Gasteiger partial charge in [-0.05, 0) is 30.5 Å². The largest absolute Gasteiger partial charge is 0.416 e. The maximum absolute atomic E-state index is 12.6. The van der Waals surface area contributed by atoms with E-state index in [0.717, 1.165) is 17.8 Å². The van der Waals surface area contributed by atoms with Crippen LogP contribution in [0.25, 0.3) is 0 Å². The van der Waals surface area contributed by atoms with Crippen LogP contribution in [0.4, 0.5) is 13.2 Å². The second-order valence-corrected chi connectivity index (χ2v) is 6.12. The molecule has 1 aromatic carbocycles. The number of aliphatic imine (C=N–C) groups is 1. The number of benzene rings is 1. The van der Waals surface area contributed by atoms with Crippen LogP contribution in [0.1, 0.15) is 49.3 Å². The molecule has 5 nitrogen and oxygen atoms in total. The summed E-state index contributed by atoms with van der Waals surface area (Å²) in [5.74, 6) is 1.53. The Morgan fingerprint density at radius 2 is 1.85 bits per heavy atom. The lowest BCUT2D eigenvalue weighted by Crippen LogP contribution is -2.36. The fraction of sp³-hybridized carbons (Fsp3) is 0.444. The number of guanidine groups is 1. The van der Waals surface area contributed by atoms with Crippen molar-refractivity contribution in [1.82, 2.24) is 15.8 Å². The zero-order chi connectivity index (χ0) is 19.2. The molecule has 0 amide bonds. The number of halogens is 4. The molecular formula is C18H24F3IN4O. The Balaban J connectivity index is 0.00000364. The first-order valence-electron chi connectivity index (χ1n) is 8.43. The average molecular weight is 496 g/mol. The van der Waals surface area contributed by atoms with E-state index < -0.39 is 11.7 Å². The van der Waals surface area contributed by atoms with Gasteiger partial charge in [0.15, 0.2) is 11.7 Å². The Morgan fingerprint density at radius 3 is 2.37 bits per heavy atom. The molecule has 0 spiro atoms. The summed E-state index contributed by atoms with van der Waals surface area (Å²) < 4.78 is 43.0. The topological polar surface area (TPSA) is 62.5 Å². The number of nitrogens with zero attached hydrogens (tertiary/aromatic N) is 2. The van der Waals surface area contributed by atoms with Gasteiger partial charge in [-0.3, -0.25) is 0 Å². The van der Waals surface area contributed by atoms with Crippen molar-refractivity contribution in [3.63, 3.8) is 0 Å². The Labute approximate surface area is 173 Å². The molecular weight excluding hydrogens is 472 g/mol. The van der Waals surface area contributed by atoms with Crippen molar-refractivity contribution < 1.29 is 17.7 Å². The average Bonchev–Trinajstić information content (AvgIpc) is 3.06. The molecule has 0 unspecified atom stereocenters. The van der Waals surface area contributed by atoms with Crippen molar-refractivity contribution in [3.05, 3.63) is 52.9 Å². The van der Waals surface area contributed by atoms with E-state index in [1.54, 1.807) is 0 Å². The molecule has 0 radical (unpaired) electrons. The molecule has 0 saturated carbocycles. The van der Waals surface area contributed by atoms with Gasteiger partial charge in [-0.25, -0.2) is 4.99 Å². The summed E-state index contributed by atoms with van der Waals surface area (Å²) in [4.78, 5) is 4.38. The van der Waals surface area contributed by atoms with Crippen LogP contribution in [0.5, 0.6) is 0 Å². The minimum absolute atomic E-state index is 0. The third-order valence-corrected chi connectivity index (χ3v) is 3.64. The number of hydrogen-bond acceptors (Lipinski definition) is 3. The lowest BCUT2D eigenvalue weighted by atomic mass is 10.1. The monoisotopic (exact) mass is 496 g/mol. The molecule has 27 heavy (non-hydrogen) atoms. The first-order chi connectivity index (χ1) is 12.3. The highest BCUT2D eigenvalue weighted by Gasteiger charge is 2.29. The van der Waals surface area contributed by atoms with E-state index in [1.807, 2.05) is 26.8 Å².